The summed E-state index contributed by atoms with van der Waals surface area (Å²) in [6.07, 6.45) is 1.63. The van der Waals surface area contributed by atoms with Gasteiger partial charge in [0, 0.05) is 18.8 Å². The molecule has 2 aromatic rings. The van der Waals surface area contributed by atoms with E-state index >= 15 is 0 Å². The number of carboxylic acids is 1. The van der Waals surface area contributed by atoms with Crippen molar-refractivity contribution in [2.45, 2.75) is 6.54 Å². The normalized spacial score (nSPS) is 10.1. The fourth-order valence-corrected chi connectivity index (χ4v) is 1.74. The maximum atomic E-state index is 10.9. The van der Waals surface area contributed by atoms with Gasteiger partial charge in [0.05, 0.1) is 12.1 Å². The molecule has 104 valence electrons. The second-order valence-corrected chi connectivity index (χ2v) is 4.30. The number of carbonyl (C=O) groups is 1. The molecule has 2 rings (SSSR count). The minimum Gasteiger partial charge on any atom is -0.481 e. The van der Waals surface area contributed by atoms with Crippen molar-refractivity contribution in [2.75, 3.05) is 12.4 Å². The smallest absolute Gasteiger partial charge is 0.356 e. The van der Waals surface area contributed by atoms with Crippen LogP contribution in [0.1, 0.15) is 16.1 Å². The first-order chi connectivity index (χ1) is 9.60. The lowest BCUT2D eigenvalue weighted by molar-refractivity contribution is 0.0691. The van der Waals surface area contributed by atoms with Gasteiger partial charge in [-0.05, 0) is 23.8 Å². The van der Waals surface area contributed by atoms with E-state index in [0.717, 1.165) is 5.56 Å². The van der Waals surface area contributed by atoms with E-state index < -0.39 is 5.97 Å². The van der Waals surface area contributed by atoms with Gasteiger partial charge in [-0.15, -0.1) is 0 Å². The maximum absolute atomic E-state index is 10.9. The second-order valence-electron chi connectivity index (χ2n) is 3.89. The number of anilines is 1. The van der Waals surface area contributed by atoms with Gasteiger partial charge in [-0.3, -0.25) is 0 Å². The molecule has 0 bridgehead atoms. The van der Waals surface area contributed by atoms with Crippen molar-refractivity contribution in [1.82, 2.24) is 9.97 Å². The molecule has 0 saturated heterocycles. The number of methoxy groups -OCH3 is 1. The Morgan fingerprint density at radius 2 is 2.25 bits per heavy atom. The molecule has 20 heavy (non-hydrogen) atoms. The Balaban J connectivity index is 2.10. The first kappa shape index (κ1) is 14.1. The van der Waals surface area contributed by atoms with Gasteiger partial charge in [0.1, 0.15) is 5.82 Å². The zero-order valence-corrected chi connectivity index (χ0v) is 11.4. The van der Waals surface area contributed by atoms with Crippen molar-refractivity contribution in [3.05, 3.63) is 46.7 Å². The molecule has 7 heteroatoms. The summed E-state index contributed by atoms with van der Waals surface area (Å²) in [5.41, 5.74) is 0.759. The van der Waals surface area contributed by atoms with E-state index in [0.29, 0.717) is 18.2 Å². The Morgan fingerprint density at radius 3 is 2.95 bits per heavy atom. The number of nitrogens with zero attached hydrogens (tertiary/aromatic N) is 2. The number of hydrogen-bond acceptors (Lipinski definition) is 5. The number of nitrogens with one attached hydrogen (secondary N) is 1. The number of pyridine rings is 2. The molecule has 2 N–H and O–H groups in total. The van der Waals surface area contributed by atoms with Crippen molar-refractivity contribution in [3.63, 3.8) is 0 Å². The van der Waals surface area contributed by atoms with Crippen LogP contribution in [0.15, 0.2) is 30.5 Å². The summed E-state index contributed by atoms with van der Waals surface area (Å²) in [6, 6.07) is 6.71. The molecule has 0 saturated carbocycles. The Labute approximate surface area is 120 Å². The largest absolute Gasteiger partial charge is 0.481 e. The molecule has 0 radical (unpaired) electrons. The summed E-state index contributed by atoms with van der Waals surface area (Å²) in [4.78, 5) is 18.9. The Hall–Kier alpha value is -2.34. The fraction of sp³-hybridized carbons (Fsp3) is 0.154. The van der Waals surface area contributed by atoms with Crippen LogP contribution in [-0.2, 0) is 6.54 Å². The van der Waals surface area contributed by atoms with Crippen LogP contribution in [0.4, 0.5) is 5.82 Å². The Bertz CT molecular complexity index is 634. The highest BCUT2D eigenvalue weighted by molar-refractivity contribution is 6.33. The average molecular weight is 294 g/mol. The van der Waals surface area contributed by atoms with Crippen LogP contribution in [0.25, 0.3) is 0 Å². The summed E-state index contributed by atoms with van der Waals surface area (Å²) in [5, 5.41) is 12.1. The van der Waals surface area contributed by atoms with Gasteiger partial charge in [-0.1, -0.05) is 11.6 Å². The molecule has 0 spiro atoms. The number of hydrogen-bond donors (Lipinski definition) is 2. The van der Waals surface area contributed by atoms with Gasteiger partial charge in [0.25, 0.3) is 0 Å². The SMILES string of the molecule is COc1cc(CNc2ccc(Cl)c(C(=O)O)n2)ccn1. The quantitative estimate of drug-likeness (QED) is 0.881. The summed E-state index contributed by atoms with van der Waals surface area (Å²) < 4.78 is 5.02. The van der Waals surface area contributed by atoms with Crippen LogP contribution in [-0.4, -0.2) is 28.2 Å². The first-order valence-electron chi connectivity index (χ1n) is 5.73. The third-order valence-corrected chi connectivity index (χ3v) is 2.84. The molecule has 0 fully saturated rings. The highest BCUT2D eigenvalue weighted by Gasteiger charge is 2.11. The second kappa shape index (κ2) is 6.21. The van der Waals surface area contributed by atoms with Crippen molar-refractivity contribution in [2.24, 2.45) is 0 Å². The number of aromatic carboxylic acids is 1. The van der Waals surface area contributed by atoms with Gasteiger partial charge < -0.3 is 15.2 Å². The third kappa shape index (κ3) is 3.36. The predicted octanol–water partition coefficient (Wildman–Crippen LogP) is 2.45. The standard InChI is InChI=1S/C13H12ClN3O3/c1-20-11-6-8(4-5-15-11)7-16-10-3-2-9(14)12(17-10)13(18)19/h2-6H,7H2,1H3,(H,16,17)(H,18,19). The molecule has 6 nitrogen and oxygen atoms in total. The fourth-order valence-electron chi connectivity index (χ4n) is 1.56. The molecule has 0 amide bonds. The van der Waals surface area contributed by atoms with Gasteiger partial charge in [-0.2, -0.15) is 0 Å². The van der Waals surface area contributed by atoms with Crippen LogP contribution in [0.5, 0.6) is 5.88 Å². The summed E-state index contributed by atoms with van der Waals surface area (Å²) >= 11 is 5.75. The van der Waals surface area contributed by atoms with Gasteiger partial charge in [0.2, 0.25) is 5.88 Å². The highest BCUT2D eigenvalue weighted by Crippen LogP contribution is 2.17. The molecule has 2 heterocycles. The van der Waals surface area contributed by atoms with Crippen molar-refractivity contribution < 1.29 is 14.6 Å². The molecule has 0 aliphatic heterocycles. The molecule has 0 aromatic carbocycles. The highest BCUT2D eigenvalue weighted by atomic mass is 35.5. The van der Waals surface area contributed by atoms with Crippen molar-refractivity contribution >= 4 is 23.4 Å². The lowest BCUT2D eigenvalue weighted by Gasteiger charge is -2.08. The van der Waals surface area contributed by atoms with Crippen molar-refractivity contribution in [3.8, 4) is 5.88 Å². The summed E-state index contributed by atoms with van der Waals surface area (Å²) in [6.45, 7) is 0.465. The topological polar surface area (TPSA) is 84.3 Å². The maximum Gasteiger partial charge on any atom is 0.356 e. The Kier molecular flexibility index (Phi) is 4.37. The molecule has 0 aliphatic rings. The number of rotatable bonds is 5. The van der Waals surface area contributed by atoms with E-state index in [1.165, 1.54) is 6.07 Å². The number of ether oxygens (including phenoxy) is 1. The van der Waals surface area contributed by atoms with Crippen LogP contribution in [0.3, 0.4) is 0 Å². The van der Waals surface area contributed by atoms with E-state index in [1.54, 1.807) is 25.4 Å². The van der Waals surface area contributed by atoms with Gasteiger partial charge in [-0.25, -0.2) is 14.8 Å². The molecule has 0 aliphatic carbocycles. The zero-order chi connectivity index (χ0) is 14.5. The Morgan fingerprint density at radius 1 is 1.45 bits per heavy atom. The van der Waals surface area contributed by atoms with Crippen LogP contribution >= 0.6 is 11.6 Å². The minimum atomic E-state index is -1.16. The first-order valence-corrected chi connectivity index (χ1v) is 6.10. The number of carboxylic acid groups (broad SMARTS) is 1. The zero-order valence-electron chi connectivity index (χ0n) is 10.6. The predicted molar refractivity (Wildman–Crippen MR) is 74.3 cm³/mol. The van der Waals surface area contributed by atoms with Gasteiger partial charge in [0.15, 0.2) is 5.69 Å². The van der Waals surface area contributed by atoms with Crippen LogP contribution in [0, 0.1) is 0 Å². The average Bonchev–Trinajstić information content (AvgIpc) is 2.46. The third-order valence-electron chi connectivity index (χ3n) is 2.53. The summed E-state index contributed by atoms with van der Waals surface area (Å²) in [5.74, 6) is -0.216. The summed E-state index contributed by atoms with van der Waals surface area (Å²) in [7, 11) is 1.54. The molecular formula is C13H12ClN3O3. The molecule has 0 atom stereocenters. The molecular weight excluding hydrogens is 282 g/mol. The van der Waals surface area contributed by atoms with Gasteiger partial charge >= 0.3 is 5.97 Å². The van der Waals surface area contributed by atoms with E-state index in [1.807, 2.05) is 6.07 Å². The van der Waals surface area contributed by atoms with E-state index in [-0.39, 0.29) is 10.7 Å². The molecule has 0 unspecified atom stereocenters. The minimum absolute atomic E-state index is 0.105. The van der Waals surface area contributed by atoms with E-state index in [4.69, 9.17) is 21.4 Å². The lowest BCUT2D eigenvalue weighted by Crippen LogP contribution is -2.07. The van der Waals surface area contributed by atoms with Crippen molar-refractivity contribution in [1.29, 1.82) is 0 Å². The monoisotopic (exact) mass is 293 g/mol. The molecule has 2 aromatic heterocycles. The number of halogens is 1. The van der Waals surface area contributed by atoms with E-state index in [2.05, 4.69) is 15.3 Å². The van der Waals surface area contributed by atoms with E-state index in [9.17, 15) is 4.79 Å². The number of aromatic nitrogens is 2. The van der Waals surface area contributed by atoms with Crippen LogP contribution in [0.2, 0.25) is 5.02 Å². The lowest BCUT2D eigenvalue weighted by atomic mass is 10.2. The van der Waals surface area contributed by atoms with Crippen LogP contribution < -0.4 is 10.1 Å².